The van der Waals surface area contributed by atoms with E-state index < -0.39 is 6.04 Å². The lowest BCUT2D eigenvalue weighted by Crippen LogP contribution is -2.45. The van der Waals surface area contributed by atoms with Crippen LogP contribution in [-0.4, -0.2) is 16.1 Å². The third-order valence-corrected chi connectivity index (χ3v) is 5.20. The summed E-state index contributed by atoms with van der Waals surface area (Å²) in [4.78, 5) is 13.0. The van der Waals surface area contributed by atoms with Crippen molar-refractivity contribution in [3.8, 4) is 5.75 Å². The number of anilines is 1. The number of hydrogen-bond donors (Lipinski definition) is 4. The number of para-hydroxylation sites is 1. The number of allylic oxidation sites excluding steroid dienone is 1. The van der Waals surface area contributed by atoms with Crippen LogP contribution in [0.2, 0.25) is 0 Å². The molecule has 0 radical (unpaired) electrons. The van der Waals surface area contributed by atoms with Crippen molar-refractivity contribution in [2.75, 3.05) is 5.32 Å². The van der Waals surface area contributed by atoms with Gasteiger partial charge in [-0.15, -0.1) is 0 Å². The molecule has 0 saturated heterocycles. The SMILES string of the molecule is CC1=C(C(=O)Nc2ccccc2)[C@H](c2cc(Br)cc(Br)c2O)NC(=S)N1. The van der Waals surface area contributed by atoms with E-state index in [9.17, 15) is 9.90 Å². The fourth-order valence-corrected chi connectivity index (χ4v) is 4.28. The van der Waals surface area contributed by atoms with E-state index in [1.54, 1.807) is 19.1 Å². The molecule has 26 heavy (non-hydrogen) atoms. The first-order valence-corrected chi connectivity index (χ1v) is 9.69. The average molecular weight is 497 g/mol. The number of nitrogens with one attached hydrogen (secondary N) is 3. The van der Waals surface area contributed by atoms with E-state index in [0.29, 0.717) is 32.1 Å². The van der Waals surface area contributed by atoms with Gasteiger partial charge in [0, 0.05) is 21.4 Å². The zero-order valence-corrected chi connectivity index (χ0v) is 17.6. The number of phenols is 1. The number of carbonyl (C=O) groups is 1. The normalized spacial score (nSPS) is 16.7. The predicted molar refractivity (Wildman–Crippen MR) is 113 cm³/mol. The first kappa shape index (κ1) is 18.9. The molecule has 0 unspecified atom stereocenters. The van der Waals surface area contributed by atoms with Crippen LogP contribution in [0, 0.1) is 0 Å². The Hall–Kier alpha value is -1.90. The van der Waals surface area contributed by atoms with Crippen LogP contribution in [0.5, 0.6) is 5.75 Å². The number of thiocarbonyl (C=S) groups is 1. The molecule has 0 bridgehead atoms. The molecule has 134 valence electrons. The van der Waals surface area contributed by atoms with Crippen LogP contribution in [0.4, 0.5) is 5.69 Å². The Balaban J connectivity index is 2.04. The Morgan fingerprint density at radius 3 is 2.62 bits per heavy atom. The Bertz CT molecular complexity index is 916. The molecule has 1 heterocycles. The van der Waals surface area contributed by atoms with Gasteiger partial charge in [-0.1, -0.05) is 34.1 Å². The minimum absolute atomic E-state index is 0.0493. The van der Waals surface area contributed by atoms with Gasteiger partial charge in [0.05, 0.1) is 16.1 Å². The van der Waals surface area contributed by atoms with E-state index in [1.165, 1.54) is 0 Å². The van der Waals surface area contributed by atoms with Crippen molar-refractivity contribution in [1.29, 1.82) is 0 Å². The van der Waals surface area contributed by atoms with E-state index in [1.807, 2.05) is 30.3 Å². The summed E-state index contributed by atoms with van der Waals surface area (Å²) >= 11 is 12.0. The van der Waals surface area contributed by atoms with Gasteiger partial charge in [-0.2, -0.15) is 0 Å². The van der Waals surface area contributed by atoms with Gasteiger partial charge < -0.3 is 21.1 Å². The molecule has 0 aromatic heterocycles. The molecule has 1 aliphatic rings. The summed E-state index contributed by atoms with van der Waals surface area (Å²) in [6.45, 7) is 1.78. The summed E-state index contributed by atoms with van der Waals surface area (Å²) in [6.07, 6.45) is 0. The summed E-state index contributed by atoms with van der Waals surface area (Å²) in [5.41, 5.74) is 2.29. The molecular formula is C18H15Br2N3O2S. The van der Waals surface area contributed by atoms with E-state index in [0.717, 1.165) is 4.47 Å². The average Bonchev–Trinajstić information content (AvgIpc) is 2.58. The van der Waals surface area contributed by atoms with Gasteiger partial charge in [-0.05, 0) is 59.3 Å². The molecule has 2 aromatic carbocycles. The zero-order valence-electron chi connectivity index (χ0n) is 13.6. The first-order valence-electron chi connectivity index (χ1n) is 7.69. The van der Waals surface area contributed by atoms with Crippen molar-refractivity contribution < 1.29 is 9.90 Å². The number of amides is 1. The lowest BCUT2D eigenvalue weighted by Gasteiger charge is -2.31. The Labute approximate surface area is 173 Å². The van der Waals surface area contributed by atoms with Crippen LogP contribution in [0.25, 0.3) is 0 Å². The van der Waals surface area contributed by atoms with Crippen molar-refractivity contribution in [1.82, 2.24) is 10.6 Å². The smallest absolute Gasteiger partial charge is 0.255 e. The molecule has 2 aromatic rings. The summed E-state index contributed by atoms with van der Waals surface area (Å²) in [5, 5.41) is 19.8. The van der Waals surface area contributed by atoms with Crippen molar-refractivity contribution in [2.45, 2.75) is 13.0 Å². The van der Waals surface area contributed by atoms with Crippen molar-refractivity contribution in [3.63, 3.8) is 0 Å². The number of rotatable bonds is 3. The van der Waals surface area contributed by atoms with E-state index in [-0.39, 0.29) is 11.7 Å². The van der Waals surface area contributed by atoms with E-state index in [2.05, 4.69) is 47.8 Å². The fourth-order valence-electron chi connectivity index (χ4n) is 2.75. The summed E-state index contributed by atoms with van der Waals surface area (Å²) in [6, 6.07) is 12.1. The quantitative estimate of drug-likeness (QED) is 0.475. The number of aromatic hydroxyl groups is 1. The molecule has 4 N–H and O–H groups in total. The van der Waals surface area contributed by atoms with Crippen LogP contribution in [0.15, 0.2) is 62.7 Å². The molecule has 0 spiro atoms. The van der Waals surface area contributed by atoms with E-state index >= 15 is 0 Å². The number of carbonyl (C=O) groups excluding carboxylic acids is 1. The summed E-state index contributed by atoms with van der Waals surface area (Å²) in [5.74, 6) is -0.232. The highest BCUT2D eigenvalue weighted by Crippen LogP contribution is 2.39. The van der Waals surface area contributed by atoms with Crippen LogP contribution in [0.3, 0.4) is 0 Å². The number of halogens is 2. The molecule has 1 atom stereocenters. The second-order valence-electron chi connectivity index (χ2n) is 5.72. The fraction of sp³-hybridized carbons (Fsp3) is 0.111. The van der Waals surface area contributed by atoms with Gasteiger partial charge in [0.1, 0.15) is 5.75 Å². The Morgan fingerprint density at radius 2 is 1.92 bits per heavy atom. The zero-order chi connectivity index (χ0) is 18.8. The highest BCUT2D eigenvalue weighted by atomic mass is 79.9. The predicted octanol–water partition coefficient (Wildman–Crippen LogP) is 4.35. The molecule has 1 aliphatic heterocycles. The van der Waals surface area contributed by atoms with E-state index in [4.69, 9.17) is 12.2 Å². The van der Waals surface area contributed by atoms with Gasteiger partial charge in [0.2, 0.25) is 0 Å². The molecule has 5 nitrogen and oxygen atoms in total. The maximum absolute atomic E-state index is 13.0. The number of hydrogen-bond acceptors (Lipinski definition) is 3. The number of benzene rings is 2. The molecule has 0 fully saturated rings. The van der Waals surface area contributed by atoms with Crippen molar-refractivity contribution in [2.24, 2.45) is 0 Å². The highest BCUT2D eigenvalue weighted by Gasteiger charge is 2.32. The second kappa shape index (κ2) is 7.77. The number of phenolic OH excluding ortho intramolecular Hbond substituents is 1. The molecule has 3 rings (SSSR count). The van der Waals surface area contributed by atoms with Gasteiger partial charge >= 0.3 is 0 Å². The minimum Gasteiger partial charge on any atom is -0.506 e. The summed E-state index contributed by atoms with van der Waals surface area (Å²) in [7, 11) is 0. The molecule has 0 saturated carbocycles. The van der Waals surface area contributed by atoms with Crippen LogP contribution in [-0.2, 0) is 4.79 Å². The van der Waals surface area contributed by atoms with Gasteiger partial charge in [0.25, 0.3) is 5.91 Å². The maximum Gasteiger partial charge on any atom is 0.255 e. The summed E-state index contributed by atoms with van der Waals surface area (Å²) < 4.78 is 1.29. The second-order valence-corrected chi connectivity index (χ2v) is 7.89. The lowest BCUT2D eigenvalue weighted by molar-refractivity contribution is -0.113. The Morgan fingerprint density at radius 1 is 1.23 bits per heavy atom. The van der Waals surface area contributed by atoms with Crippen molar-refractivity contribution in [3.05, 3.63) is 68.2 Å². The standard InChI is InChI=1S/C18H15Br2N3O2S/c1-9-14(17(25)22-11-5-3-2-4-6-11)15(23-18(26)21-9)12-7-10(19)8-13(20)16(12)24/h2-8,15,24H,1H3,(H,22,25)(H2,21,23,26)/t15-/m0/s1. The lowest BCUT2D eigenvalue weighted by atomic mass is 9.94. The van der Waals surface area contributed by atoms with Gasteiger partial charge in [0.15, 0.2) is 5.11 Å². The monoisotopic (exact) mass is 495 g/mol. The maximum atomic E-state index is 13.0. The van der Waals surface area contributed by atoms with Crippen molar-refractivity contribution >= 4 is 60.8 Å². The molecule has 1 amide bonds. The van der Waals surface area contributed by atoms with Crippen LogP contribution < -0.4 is 16.0 Å². The molecule has 0 aliphatic carbocycles. The van der Waals surface area contributed by atoms with Gasteiger partial charge in [-0.3, -0.25) is 4.79 Å². The largest absolute Gasteiger partial charge is 0.506 e. The molecular weight excluding hydrogens is 482 g/mol. The highest BCUT2D eigenvalue weighted by molar-refractivity contribution is 9.11. The van der Waals surface area contributed by atoms with Crippen LogP contribution >= 0.6 is 44.1 Å². The third-order valence-electron chi connectivity index (χ3n) is 3.91. The minimum atomic E-state index is -0.596. The van der Waals surface area contributed by atoms with Gasteiger partial charge in [-0.25, -0.2) is 0 Å². The topological polar surface area (TPSA) is 73.4 Å². The molecule has 8 heteroatoms. The van der Waals surface area contributed by atoms with Crippen LogP contribution in [0.1, 0.15) is 18.5 Å². The Kier molecular flexibility index (Phi) is 5.64. The third kappa shape index (κ3) is 3.92. The first-order chi connectivity index (χ1) is 12.4.